The summed E-state index contributed by atoms with van der Waals surface area (Å²) >= 11 is 0. The van der Waals surface area contributed by atoms with E-state index in [0.29, 0.717) is 6.04 Å². The average molecular weight is 180 g/mol. The van der Waals surface area contributed by atoms with Crippen molar-refractivity contribution in [3.63, 3.8) is 0 Å². The van der Waals surface area contributed by atoms with Crippen molar-refractivity contribution < 1.29 is 0 Å². The third-order valence-electron chi connectivity index (χ3n) is 2.66. The number of nitrogens with two attached hydrogens (primary N) is 1. The normalized spacial score (nSPS) is 19.4. The summed E-state index contributed by atoms with van der Waals surface area (Å²) in [6.07, 6.45) is 4.01. The van der Waals surface area contributed by atoms with Gasteiger partial charge in [0.25, 0.3) is 0 Å². The molecule has 0 unspecified atom stereocenters. The van der Waals surface area contributed by atoms with Gasteiger partial charge in [-0.05, 0) is 12.8 Å². The molecule has 1 aromatic rings. The molecule has 4 heteroatoms. The Bertz CT molecular complexity index is 273. The van der Waals surface area contributed by atoms with E-state index < -0.39 is 0 Å². The lowest BCUT2D eigenvalue weighted by atomic mass is 10.1. The quantitative estimate of drug-likeness (QED) is 0.678. The van der Waals surface area contributed by atoms with Crippen LogP contribution >= 0.6 is 0 Å². The summed E-state index contributed by atoms with van der Waals surface area (Å²) in [6, 6.07) is 2.45. The largest absolute Gasteiger partial charge is 0.357 e. The fraction of sp³-hybridized carbons (Fsp3) is 0.667. The van der Waals surface area contributed by atoms with Crippen LogP contribution in [0, 0.1) is 0 Å². The van der Waals surface area contributed by atoms with Crippen LogP contribution < -0.4 is 10.6 Å². The predicted molar refractivity (Wildman–Crippen MR) is 52.6 cm³/mol. The van der Waals surface area contributed by atoms with E-state index in [2.05, 4.69) is 16.1 Å². The number of hydrogen-bond acceptors (Lipinski definition) is 3. The highest BCUT2D eigenvalue weighted by Crippen LogP contribution is 2.17. The molecule has 0 atom stereocenters. The van der Waals surface area contributed by atoms with E-state index in [1.165, 1.54) is 5.82 Å². The number of aromatic nitrogens is 2. The van der Waals surface area contributed by atoms with Crippen LogP contribution in [0.15, 0.2) is 12.3 Å². The standard InChI is InChI=1S/C9H16N4/c1-12-9(2-5-11-12)13-6-3-8(10)4-7-13/h2,5,8H,3-4,6-7,10H2,1H3. The van der Waals surface area contributed by atoms with E-state index in [1.54, 1.807) is 0 Å². The first-order chi connectivity index (χ1) is 6.27. The highest BCUT2D eigenvalue weighted by molar-refractivity contribution is 5.38. The van der Waals surface area contributed by atoms with Gasteiger partial charge < -0.3 is 10.6 Å². The molecule has 0 bridgehead atoms. The molecular weight excluding hydrogens is 164 g/mol. The number of piperidine rings is 1. The van der Waals surface area contributed by atoms with Crippen LogP contribution in [0.1, 0.15) is 12.8 Å². The van der Waals surface area contributed by atoms with Gasteiger partial charge in [-0.25, -0.2) is 0 Å². The zero-order valence-electron chi connectivity index (χ0n) is 7.98. The van der Waals surface area contributed by atoms with Gasteiger partial charge in [0.2, 0.25) is 0 Å². The molecule has 2 heterocycles. The van der Waals surface area contributed by atoms with Gasteiger partial charge in [0.05, 0.1) is 6.20 Å². The number of hydrogen-bond donors (Lipinski definition) is 1. The van der Waals surface area contributed by atoms with E-state index in [1.807, 2.05) is 17.9 Å². The zero-order chi connectivity index (χ0) is 9.26. The first-order valence-electron chi connectivity index (χ1n) is 4.76. The third-order valence-corrected chi connectivity index (χ3v) is 2.66. The second-order valence-corrected chi connectivity index (χ2v) is 3.64. The maximum atomic E-state index is 5.84. The molecule has 72 valence electrons. The van der Waals surface area contributed by atoms with Crippen molar-refractivity contribution in [3.05, 3.63) is 12.3 Å². The molecule has 2 rings (SSSR count). The lowest BCUT2D eigenvalue weighted by Crippen LogP contribution is -2.40. The van der Waals surface area contributed by atoms with E-state index in [9.17, 15) is 0 Å². The number of aryl methyl sites for hydroxylation is 1. The third kappa shape index (κ3) is 1.67. The van der Waals surface area contributed by atoms with Crippen molar-refractivity contribution in [2.75, 3.05) is 18.0 Å². The molecule has 0 amide bonds. The fourth-order valence-electron chi connectivity index (χ4n) is 1.81. The minimum Gasteiger partial charge on any atom is -0.357 e. The van der Waals surface area contributed by atoms with Gasteiger partial charge in [0, 0.05) is 32.2 Å². The minimum atomic E-state index is 0.393. The Morgan fingerprint density at radius 1 is 1.46 bits per heavy atom. The molecule has 0 radical (unpaired) electrons. The zero-order valence-corrected chi connectivity index (χ0v) is 7.98. The fourth-order valence-corrected chi connectivity index (χ4v) is 1.81. The van der Waals surface area contributed by atoms with Crippen LogP contribution in [0.25, 0.3) is 0 Å². The van der Waals surface area contributed by atoms with Crippen molar-refractivity contribution >= 4 is 5.82 Å². The maximum absolute atomic E-state index is 5.84. The van der Waals surface area contributed by atoms with Gasteiger partial charge in [-0.2, -0.15) is 5.10 Å². The monoisotopic (exact) mass is 180 g/mol. The van der Waals surface area contributed by atoms with Gasteiger partial charge in [-0.1, -0.05) is 0 Å². The van der Waals surface area contributed by atoms with E-state index in [4.69, 9.17) is 5.73 Å². The molecule has 0 spiro atoms. The van der Waals surface area contributed by atoms with Crippen molar-refractivity contribution in [2.45, 2.75) is 18.9 Å². The Hall–Kier alpha value is -1.03. The first-order valence-corrected chi connectivity index (χ1v) is 4.76. The summed E-state index contributed by atoms with van der Waals surface area (Å²) < 4.78 is 1.91. The molecule has 1 aliphatic heterocycles. The van der Waals surface area contributed by atoms with Crippen molar-refractivity contribution in [1.29, 1.82) is 0 Å². The van der Waals surface area contributed by atoms with Crippen LogP contribution in [0.3, 0.4) is 0 Å². The smallest absolute Gasteiger partial charge is 0.126 e. The minimum absolute atomic E-state index is 0.393. The lowest BCUT2D eigenvalue weighted by Gasteiger charge is -2.31. The molecular formula is C9H16N4. The molecule has 0 aliphatic carbocycles. The van der Waals surface area contributed by atoms with Crippen LogP contribution in [0.4, 0.5) is 5.82 Å². The second-order valence-electron chi connectivity index (χ2n) is 3.64. The van der Waals surface area contributed by atoms with Gasteiger partial charge in [-0.3, -0.25) is 4.68 Å². The number of rotatable bonds is 1. The molecule has 13 heavy (non-hydrogen) atoms. The molecule has 0 saturated carbocycles. The van der Waals surface area contributed by atoms with Crippen LogP contribution in [0.2, 0.25) is 0 Å². The lowest BCUT2D eigenvalue weighted by molar-refractivity contribution is 0.493. The van der Waals surface area contributed by atoms with Gasteiger partial charge in [0.1, 0.15) is 5.82 Å². The van der Waals surface area contributed by atoms with E-state index >= 15 is 0 Å². The summed E-state index contributed by atoms with van der Waals surface area (Å²) in [4.78, 5) is 2.34. The number of nitrogens with zero attached hydrogens (tertiary/aromatic N) is 3. The summed E-state index contributed by atoms with van der Waals surface area (Å²) in [6.45, 7) is 2.11. The molecule has 1 aromatic heterocycles. The highest BCUT2D eigenvalue weighted by Gasteiger charge is 2.17. The Balaban J connectivity index is 2.06. The second kappa shape index (κ2) is 3.38. The van der Waals surface area contributed by atoms with Crippen LogP contribution in [-0.4, -0.2) is 28.9 Å². The molecule has 2 N–H and O–H groups in total. The Morgan fingerprint density at radius 2 is 2.15 bits per heavy atom. The van der Waals surface area contributed by atoms with Crippen molar-refractivity contribution in [2.24, 2.45) is 12.8 Å². The van der Waals surface area contributed by atoms with E-state index in [0.717, 1.165) is 25.9 Å². The summed E-state index contributed by atoms with van der Waals surface area (Å²) in [5, 5.41) is 4.15. The summed E-state index contributed by atoms with van der Waals surface area (Å²) in [5.74, 6) is 1.20. The summed E-state index contributed by atoms with van der Waals surface area (Å²) in [5.41, 5.74) is 5.84. The summed E-state index contributed by atoms with van der Waals surface area (Å²) in [7, 11) is 1.98. The van der Waals surface area contributed by atoms with Gasteiger partial charge in [-0.15, -0.1) is 0 Å². The highest BCUT2D eigenvalue weighted by atomic mass is 15.4. The number of anilines is 1. The van der Waals surface area contributed by atoms with Crippen molar-refractivity contribution in [1.82, 2.24) is 9.78 Å². The van der Waals surface area contributed by atoms with Crippen molar-refractivity contribution in [3.8, 4) is 0 Å². The topological polar surface area (TPSA) is 47.1 Å². The van der Waals surface area contributed by atoms with E-state index in [-0.39, 0.29) is 0 Å². The molecule has 1 fully saturated rings. The van der Waals surface area contributed by atoms with Gasteiger partial charge in [0.15, 0.2) is 0 Å². The Labute approximate surface area is 78.3 Å². The Morgan fingerprint density at radius 3 is 2.69 bits per heavy atom. The molecule has 4 nitrogen and oxygen atoms in total. The van der Waals surface area contributed by atoms with Crippen LogP contribution in [0.5, 0.6) is 0 Å². The Kier molecular flexibility index (Phi) is 2.22. The van der Waals surface area contributed by atoms with Gasteiger partial charge >= 0.3 is 0 Å². The van der Waals surface area contributed by atoms with Crippen LogP contribution in [-0.2, 0) is 7.05 Å². The molecule has 0 aromatic carbocycles. The average Bonchev–Trinajstić information content (AvgIpc) is 2.53. The molecule has 1 saturated heterocycles. The first kappa shape index (κ1) is 8.56. The molecule has 1 aliphatic rings. The maximum Gasteiger partial charge on any atom is 0.126 e. The predicted octanol–water partition coefficient (Wildman–Crippen LogP) is 0.348. The SMILES string of the molecule is Cn1nccc1N1CCC(N)CC1.